The van der Waals surface area contributed by atoms with Gasteiger partial charge in [-0.15, -0.1) is 0 Å². The first kappa shape index (κ1) is 17.1. The van der Waals surface area contributed by atoms with Crippen LogP contribution in [0.4, 0.5) is 5.82 Å². The number of nitrogens with one attached hydrogen (secondary N) is 2. The number of benzene rings is 1. The number of anilines is 1. The van der Waals surface area contributed by atoms with Crippen LogP contribution in [0.1, 0.15) is 39.9 Å². The minimum Gasteiger partial charge on any atom is -0.366 e. The number of piperidine rings is 1. The van der Waals surface area contributed by atoms with Crippen LogP contribution in [0, 0.1) is 6.92 Å². The molecule has 1 aromatic heterocycles. The van der Waals surface area contributed by atoms with Crippen LogP contribution in [0.3, 0.4) is 0 Å². The number of imide groups is 1. The van der Waals surface area contributed by atoms with E-state index in [4.69, 9.17) is 0 Å². The van der Waals surface area contributed by atoms with Gasteiger partial charge in [-0.2, -0.15) is 0 Å². The predicted octanol–water partition coefficient (Wildman–Crippen LogP) is 1.16. The van der Waals surface area contributed by atoms with Crippen molar-refractivity contribution in [1.82, 2.24) is 20.2 Å². The van der Waals surface area contributed by atoms with Crippen molar-refractivity contribution in [3.05, 3.63) is 53.0 Å². The molecule has 3 amide bonds. The molecule has 138 valence electrons. The van der Waals surface area contributed by atoms with E-state index in [0.29, 0.717) is 25.1 Å². The highest BCUT2D eigenvalue weighted by molar-refractivity contribution is 6.05. The maximum Gasteiger partial charge on any atom is 0.255 e. The van der Waals surface area contributed by atoms with E-state index < -0.39 is 11.9 Å². The quantitative estimate of drug-likeness (QED) is 0.788. The topological polar surface area (TPSA) is 104 Å². The molecule has 2 aromatic rings. The smallest absolute Gasteiger partial charge is 0.255 e. The van der Waals surface area contributed by atoms with Gasteiger partial charge in [-0.1, -0.05) is 12.1 Å². The molecule has 2 aliphatic rings. The van der Waals surface area contributed by atoms with Gasteiger partial charge in [0.15, 0.2) is 0 Å². The molecule has 27 heavy (non-hydrogen) atoms. The molecule has 2 aliphatic heterocycles. The van der Waals surface area contributed by atoms with E-state index >= 15 is 0 Å². The summed E-state index contributed by atoms with van der Waals surface area (Å²) in [4.78, 5) is 46.0. The van der Waals surface area contributed by atoms with Crippen molar-refractivity contribution < 1.29 is 14.4 Å². The van der Waals surface area contributed by atoms with Gasteiger partial charge in [0, 0.05) is 36.8 Å². The van der Waals surface area contributed by atoms with Gasteiger partial charge in [-0.05, 0) is 30.5 Å². The lowest BCUT2D eigenvalue weighted by Crippen LogP contribution is -2.52. The molecule has 3 heterocycles. The van der Waals surface area contributed by atoms with E-state index in [1.54, 1.807) is 11.1 Å². The number of rotatable bonds is 4. The molecule has 8 nitrogen and oxygen atoms in total. The largest absolute Gasteiger partial charge is 0.366 e. The Morgan fingerprint density at radius 2 is 2.15 bits per heavy atom. The fraction of sp³-hybridized carbons (Fsp3) is 0.316. The number of hydrogen-bond acceptors (Lipinski definition) is 6. The highest BCUT2D eigenvalue weighted by Gasteiger charge is 2.39. The molecule has 1 atom stereocenters. The first-order chi connectivity index (χ1) is 13.0. The highest BCUT2D eigenvalue weighted by Crippen LogP contribution is 2.28. The van der Waals surface area contributed by atoms with Crippen molar-refractivity contribution in [1.29, 1.82) is 0 Å². The van der Waals surface area contributed by atoms with Crippen LogP contribution < -0.4 is 10.6 Å². The van der Waals surface area contributed by atoms with Crippen molar-refractivity contribution in [2.75, 3.05) is 5.32 Å². The normalized spacial score (nSPS) is 19.1. The molecule has 1 saturated heterocycles. The maximum absolute atomic E-state index is 12.8. The van der Waals surface area contributed by atoms with Gasteiger partial charge >= 0.3 is 0 Å². The second kappa shape index (κ2) is 6.79. The molecule has 0 bridgehead atoms. The van der Waals surface area contributed by atoms with Gasteiger partial charge in [-0.25, -0.2) is 9.97 Å². The fourth-order valence-corrected chi connectivity index (χ4v) is 3.48. The summed E-state index contributed by atoms with van der Waals surface area (Å²) in [7, 11) is 0. The number of fused-ring (bicyclic) bond motifs is 1. The average molecular weight is 365 g/mol. The third kappa shape index (κ3) is 3.25. The van der Waals surface area contributed by atoms with E-state index in [2.05, 4.69) is 20.6 Å². The minimum absolute atomic E-state index is 0.167. The number of aromatic nitrogens is 2. The number of hydrogen-bond donors (Lipinski definition) is 2. The maximum atomic E-state index is 12.8. The molecule has 0 radical (unpaired) electrons. The predicted molar refractivity (Wildman–Crippen MR) is 96.6 cm³/mol. The Bertz CT molecular complexity index is 943. The molecule has 1 aromatic carbocycles. The Hall–Kier alpha value is -3.29. The molecule has 0 spiro atoms. The van der Waals surface area contributed by atoms with E-state index in [1.807, 2.05) is 25.1 Å². The Morgan fingerprint density at radius 1 is 1.30 bits per heavy atom. The van der Waals surface area contributed by atoms with E-state index in [0.717, 1.165) is 22.5 Å². The molecule has 0 saturated carbocycles. The summed E-state index contributed by atoms with van der Waals surface area (Å²) in [5.41, 5.74) is 3.40. The van der Waals surface area contributed by atoms with Crippen LogP contribution in [0.5, 0.6) is 0 Å². The van der Waals surface area contributed by atoms with Gasteiger partial charge in [0.05, 0.1) is 0 Å². The van der Waals surface area contributed by atoms with Crippen molar-refractivity contribution in [3.8, 4) is 0 Å². The number of carbonyl (C=O) groups excluding carboxylic acids is 3. The van der Waals surface area contributed by atoms with Gasteiger partial charge in [0.25, 0.3) is 5.91 Å². The van der Waals surface area contributed by atoms with Crippen molar-refractivity contribution >= 4 is 23.5 Å². The van der Waals surface area contributed by atoms with Crippen LogP contribution in [0.2, 0.25) is 0 Å². The first-order valence-electron chi connectivity index (χ1n) is 8.80. The van der Waals surface area contributed by atoms with E-state index in [-0.39, 0.29) is 18.2 Å². The molecule has 8 heteroatoms. The number of carbonyl (C=O) groups is 3. The summed E-state index contributed by atoms with van der Waals surface area (Å²) in [6.45, 7) is 2.84. The SMILES string of the molecule is Cc1cncnc1NCc1ccc2c(c1)C(=O)N(C1CCC(=O)NC1=O)C2. The summed E-state index contributed by atoms with van der Waals surface area (Å²) in [6.07, 6.45) is 3.84. The van der Waals surface area contributed by atoms with Crippen LogP contribution in [0.15, 0.2) is 30.7 Å². The molecule has 2 N–H and O–H groups in total. The zero-order chi connectivity index (χ0) is 19.0. The summed E-state index contributed by atoms with van der Waals surface area (Å²) in [5.74, 6) is -0.0936. The third-order valence-electron chi connectivity index (χ3n) is 4.95. The average Bonchev–Trinajstić information content (AvgIpc) is 2.97. The Labute approximate surface area is 156 Å². The third-order valence-corrected chi connectivity index (χ3v) is 4.95. The molecule has 1 fully saturated rings. The molecule has 1 unspecified atom stereocenters. The van der Waals surface area contributed by atoms with Gasteiger partial charge in [0.1, 0.15) is 18.2 Å². The fourth-order valence-electron chi connectivity index (χ4n) is 3.48. The minimum atomic E-state index is -0.590. The monoisotopic (exact) mass is 365 g/mol. The van der Waals surface area contributed by atoms with Gasteiger partial charge < -0.3 is 10.2 Å². The molecule has 0 aliphatic carbocycles. The lowest BCUT2D eigenvalue weighted by Gasteiger charge is -2.29. The van der Waals surface area contributed by atoms with Crippen LogP contribution >= 0.6 is 0 Å². The lowest BCUT2D eigenvalue weighted by molar-refractivity contribution is -0.136. The summed E-state index contributed by atoms with van der Waals surface area (Å²) >= 11 is 0. The van der Waals surface area contributed by atoms with Gasteiger partial charge in [-0.3, -0.25) is 19.7 Å². The van der Waals surface area contributed by atoms with Crippen molar-refractivity contribution in [2.45, 2.75) is 38.9 Å². The summed E-state index contributed by atoms with van der Waals surface area (Å²) in [6, 6.07) is 5.15. The van der Waals surface area contributed by atoms with Crippen LogP contribution in [-0.2, 0) is 22.7 Å². The Kier molecular flexibility index (Phi) is 4.31. The zero-order valence-electron chi connectivity index (χ0n) is 14.9. The van der Waals surface area contributed by atoms with E-state index in [9.17, 15) is 14.4 Å². The molecular formula is C19H19N5O3. The highest BCUT2D eigenvalue weighted by atomic mass is 16.2. The Balaban J connectivity index is 1.49. The number of amides is 3. The second-order valence-electron chi connectivity index (χ2n) is 6.80. The zero-order valence-corrected chi connectivity index (χ0v) is 14.9. The second-order valence-corrected chi connectivity index (χ2v) is 6.80. The number of aryl methyl sites for hydroxylation is 1. The summed E-state index contributed by atoms with van der Waals surface area (Å²) in [5, 5.41) is 5.56. The van der Waals surface area contributed by atoms with Crippen LogP contribution in [0.25, 0.3) is 0 Å². The van der Waals surface area contributed by atoms with E-state index in [1.165, 1.54) is 6.33 Å². The standard InChI is InChI=1S/C19H19N5O3/c1-11-7-20-10-22-17(11)21-8-12-2-3-13-9-24(19(27)14(13)6-12)15-4-5-16(25)23-18(15)26/h2-3,6-7,10,15H,4-5,8-9H2,1H3,(H,20,21,22)(H,23,25,26). The Morgan fingerprint density at radius 3 is 2.93 bits per heavy atom. The van der Waals surface area contributed by atoms with Gasteiger partial charge in [0.2, 0.25) is 11.8 Å². The first-order valence-corrected chi connectivity index (χ1v) is 8.80. The van der Waals surface area contributed by atoms with Crippen molar-refractivity contribution in [3.63, 3.8) is 0 Å². The molecular weight excluding hydrogens is 346 g/mol. The molecule has 4 rings (SSSR count). The summed E-state index contributed by atoms with van der Waals surface area (Å²) < 4.78 is 0. The number of nitrogens with zero attached hydrogens (tertiary/aromatic N) is 3. The van der Waals surface area contributed by atoms with Crippen LogP contribution in [-0.4, -0.2) is 38.6 Å². The van der Waals surface area contributed by atoms with Crippen molar-refractivity contribution in [2.24, 2.45) is 0 Å². The lowest BCUT2D eigenvalue weighted by atomic mass is 10.0.